The van der Waals surface area contributed by atoms with Gasteiger partial charge in [0.05, 0.1) is 17.8 Å². The zero-order valence-electron chi connectivity index (χ0n) is 12.8. The molecule has 0 aliphatic heterocycles. The molecule has 23 heavy (non-hydrogen) atoms. The molecule has 2 saturated carbocycles. The Labute approximate surface area is 140 Å². The Bertz CT molecular complexity index is 633. The van der Waals surface area contributed by atoms with Crippen molar-refractivity contribution in [2.75, 3.05) is 18.4 Å². The molecule has 6 heteroatoms. The van der Waals surface area contributed by atoms with Crippen molar-refractivity contribution in [3.63, 3.8) is 0 Å². The molecular weight excluding hydrogens is 314 g/mol. The van der Waals surface area contributed by atoms with Crippen LogP contribution in [-0.2, 0) is 4.79 Å². The molecule has 0 amide bonds. The van der Waals surface area contributed by atoms with E-state index >= 15 is 0 Å². The number of nitriles is 1. The maximum absolute atomic E-state index is 11.0. The number of rotatable bonds is 7. The number of hydrogen-bond donors (Lipinski definition) is 2. The molecule has 1 aromatic carbocycles. The van der Waals surface area contributed by atoms with Crippen molar-refractivity contribution in [3.8, 4) is 6.07 Å². The second-order valence-corrected chi connectivity index (χ2v) is 6.97. The van der Waals surface area contributed by atoms with E-state index in [9.17, 15) is 4.79 Å². The first kappa shape index (κ1) is 16.1. The van der Waals surface area contributed by atoms with Crippen LogP contribution >= 0.6 is 11.6 Å². The van der Waals surface area contributed by atoms with E-state index < -0.39 is 5.97 Å². The fraction of sp³-hybridized carbons (Fsp3) is 0.529. The van der Waals surface area contributed by atoms with Gasteiger partial charge in [0.15, 0.2) is 0 Å². The van der Waals surface area contributed by atoms with E-state index in [1.165, 1.54) is 12.8 Å². The lowest BCUT2D eigenvalue weighted by Gasteiger charge is -2.43. The summed E-state index contributed by atoms with van der Waals surface area (Å²) >= 11 is 5.91. The monoisotopic (exact) mass is 333 g/mol. The standard InChI is InChI=1S/C17H20ClN3O2/c18-13-3-4-16(12(5-13)8-19)20-14-6-15(7-14)21(10-17(22)23)9-11-1-2-11/h3-5,11,14-15,20H,1-2,6-7,9-10H2,(H,22,23). The van der Waals surface area contributed by atoms with Gasteiger partial charge in [0.25, 0.3) is 0 Å². The maximum atomic E-state index is 11.0. The van der Waals surface area contributed by atoms with E-state index in [0.29, 0.717) is 22.5 Å². The van der Waals surface area contributed by atoms with E-state index in [2.05, 4.69) is 16.3 Å². The lowest BCUT2D eigenvalue weighted by atomic mass is 9.85. The van der Waals surface area contributed by atoms with Crippen LogP contribution in [0, 0.1) is 17.2 Å². The predicted octanol–water partition coefficient (Wildman–Crippen LogP) is 2.95. The number of hydrogen-bond acceptors (Lipinski definition) is 4. The fourth-order valence-electron chi connectivity index (χ4n) is 3.11. The van der Waals surface area contributed by atoms with E-state index in [1.54, 1.807) is 12.1 Å². The minimum Gasteiger partial charge on any atom is -0.480 e. The Morgan fingerprint density at radius 2 is 2.17 bits per heavy atom. The van der Waals surface area contributed by atoms with Gasteiger partial charge in [-0.1, -0.05) is 11.6 Å². The molecule has 0 spiro atoms. The maximum Gasteiger partial charge on any atom is 0.317 e. The molecule has 2 aliphatic rings. The third-order valence-corrected chi connectivity index (χ3v) is 4.85. The number of benzene rings is 1. The summed E-state index contributed by atoms with van der Waals surface area (Å²) in [5.74, 6) is -0.0747. The molecule has 0 atom stereocenters. The molecule has 0 unspecified atom stereocenters. The average molecular weight is 334 g/mol. The first-order valence-corrected chi connectivity index (χ1v) is 8.35. The zero-order chi connectivity index (χ0) is 16.4. The van der Waals surface area contributed by atoms with Gasteiger partial charge >= 0.3 is 5.97 Å². The number of carboxylic acids is 1. The highest BCUT2D eigenvalue weighted by Gasteiger charge is 2.37. The molecule has 0 radical (unpaired) electrons. The summed E-state index contributed by atoms with van der Waals surface area (Å²) in [5, 5.41) is 22.2. The van der Waals surface area contributed by atoms with Crippen LogP contribution in [0.2, 0.25) is 5.02 Å². The molecule has 2 fully saturated rings. The van der Waals surface area contributed by atoms with Crippen molar-refractivity contribution in [2.45, 2.75) is 37.8 Å². The molecule has 3 rings (SSSR count). The quantitative estimate of drug-likeness (QED) is 0.802. The second-order valence-electron chi connectivity index (χ2n) is 6.53. The van der Waals surface area contributed by atoms with Gasteiger partial charge < -0.3 is 10.4 Å². The normalized spacial score (nSPS) is 23.2. The number of aliphatic carboxylic acids is 1. The zero-order valence-corrected chi connectivity index (χ0v) is 13.6. The summed E-state index contributed by atoms with van der Waals surface area (Å²) in [6.45, 7) is 1.02. The molecule has 2 aliphatic carbocycles. The van der Waals surface area contributed by atoms with Crippen LogP contribution in [-0.4, -0.2) is 41.1 Å². The summed E-state index contributed by atoms with van der Waals surface area (Å²) < 4.78 is 0. The van der Waals surface area contributed by atoms with Gasteiger partial charge in [0, 0.05) is 23.7 Å². The lowest BCUT2D eigenvalue weighted by molar-refractivity contribution is -0.139. The predicted molar refractivity (Wildman–Crippen MR) is 88.5 cm³/mol. The highest BCUT2D eigenvalue weighted by molar-refractivity contribution is 6.30. The minimum absolute atomic E-state index is 0.123. The molecule has 0 aromatic heterocycles. The topological polar surface area (TPSA) is 76.4 Å². The second kappa shape index (κ2) is 6.77. The number of nitrogens with one attached hydrogen (secondary N) is 1. The summed E-state index contributed by atoms with van der Waals surface area (Å²) in [5.41, 5.74) is 1.34. The summed E-state index contributed by atoms with van der Waals surface area (Å²) in [6.07, 6.45) is 4.27. The largest absolute Gasteiger partial charge is 0.480 e. The highest BCUT2D eigenvalue weighted by atomic mass is 35.5. The van der Waals surface area contributed by atoms with Crippen molar-refractivity contribution in [1.29, 1.82) is 5.26 Å². The van der Waals surface area contributed by atoms with Crippen LogP contribution < -0.4 is 5.32 Å². The van der Waals surface area contributed by atoms with Crippen molar-refractivity contribution in [2.24, 2.45) is 5.92 Å². The fourth-order valence-corrected chi connectivity index (χ4v) is 3.28. The molecule has 0 bridgehead atoms. The van der Waals surface area contributed by atoms with Gasteiger partial charge in [-0.05, 0) is 49.8 Å². The Hall–Kier alpha value is -1.77. The van der Waals surface area contributed by atoms with Crippen molar-refractivity contribution < 1.29 is 9.90 Å². The van der Waals surface area contributed by atoms with Gasteiger partial charge in [-0.3, -0.25) is 9.69 Å². The van der Waals surface area contributed by atoms with Crippen LogP contribution in [0.15, 0.2) is 18.2 Å². The van der Waals surface area contributed by atoms with Crippen LogP contribution in [0.3, 0.4) is 0 Å². The Kier molecular flexibility index (Phi) is 4.74. The van der Waals surface area contributed by atoms with Crippen LogP contribution in [0.4, 0.5) is 5.69 Å². The van der Waals surface area contributed by atoms with Gasteiger partial charge in [0.1, 0.15) is 6.07 Å². The number of carbonyl (C=O) groups is 1. The first-order valence-electron chi connectivity index (χ1n) is 7.97. The molecule has 122 valence electrons. The Morgan fingerprint density at radius 3 is 2.78 bits per heavy atom. The van der Waals surface area contributed by atoms with Gasteiger partial charge in [-0.2, -0.15) is 5.26 Å². The van der Waals surface area contributed by atoms with Crippen LogP contribution in [0.25, 0.3) is 0 Å². The van der Waals surface area contributed by atoms with Crippen molar-refractivity contribution >= 4 is 23.3 Å². The third kappa shape index (κ3) is 4.15. The highest BCUT2D eigenvalue weighted by Crippen LogP contribution is 2.35. The average Bonchev–Trinajstić information content (AvgIpc) is 3.26. The van der Waals surface area contributed by atoms with Gasteiger partial charge in [0.2, 0.25) is 0 Å². The molecule has 1 aromatic rings. The number of anilines is 1. The smallest absolute Gasteiger partial charge is 0.317 e. The van der Waals surface area contributed by atoms with E-state index in [0.717, 1.165) is 25.1 Å². The summed E-state index contributed by atoms with van der Waals surface area (Å²) in [6, 6.07) is 8.00. The lowest BCUT2D eigenvalue weighted by Crippen LogP contribution is -2.52. The number of carboxylic acid groups (broad SMARTS) is 1. The summed E-state index contributed by atoms with van der Waals surface area (Å²) in [4.78, 5) is 13.1. The molecule has 5 nitrogen and oxygen atoms in total. The Morgan fingerprint density at radius 1 is 1.43 bits per heavy atom. The van der Waals surface area contributed by atoms with Crippen molar-refractivity contribution in [3.05, 3.63) is 28.8 Å². The van der Waals surface area contributed by atoms with Crippen molar-refractivity contribution in [1.82, 2.24) is 4.90 Å². The molecule has 0 heterocycles. The van der Waals surface area contributed by atoms with E-state index in [4.69, 9.17) is 22.0 Å². The SMILES string of the molecule is N#Cc1cc(Cl)ccc1NC1CC(N(CC(=O)O)CC2CC2)C1. The Balaban J connectivity index is 1.55. The number of nitrogens with zero attached hydrogens (tertiary/aromatic N) is 2. The minimum atomic E-state index is -0.758. The van der Waals surface area contributed by atoms with Crippen LogP contribution in [0.5, 0.6) is 0 Å². The van der Waals surface area contributed by atoms with Crippen LogP contribution in [0.1, 0.15) is 31.2 Å². The third-order valence-electron chi connectivity index (χ3n) is 4.62. The first-order chi connectivity index (χ1) is 11.0. The molecular formula is C17H20ClN3O2. The molecule has 0 saturated heterocycles. The summed E-state index contributed by atoms with van der Waals surface area (Å²) in [7, 11) is 0. The van der Waals surface area contributed by atoms with E-state index in [1.807, 2.05) is 6.07 Å². The van der Waals surface area contributed by atoms with Gasteiger partial charge in [-0.25, -0.2) is 0 Å². The van der Waals surface area contributed by atoms with E-state index in [-0.39, 0.29) is 12.6 Å². The number of halogens is 1. The van der Waals surface area contributed by atoms with Gasteiger partial charge in [-0.15, -0.1) is 0 Å². The molecule has 2 N–H and O–H groups in total.